The number of primary amides is 1. The van der Waals surface area contributed by atoms with Crippen molar-refractivity contribution < 1.29 is 18.8 Å². The van der Waals surface area contributed by atoms with Crippen LogP contribution in [0.4, 0.5) is 10.7 Å². The topological polar surface area (TPSA) is 114 Å². The van der Waals surface area contributed by atoms with Crippen LogP contribution in [0, 0.1) is 13.8 Å². The molecule has 0 aliphatic rings. The van der Waals surface area contributed by atoms with Crippen molar-refractivity contribution >= 4 is 55.7 Å². The van der Waals surface area contributed by atoms with Gasteiger partial charge in [-0.15, -0.1) is 11.3 Å². The summed E-state index contributed by atoms with van der Waals surface area (Å²) in [6, 6.07) is 9.57. The number of furan rings is 1. The zero-order valence-electron chi connectivity index (χ0n) is 15.0. The highest BCUT2D eigenvalue weighted by Gasteiger charge is 2.20. The van der Waals surface area contributed by atoms with E-state index in [2.05, 4.69) is 26.6 Å². The van der Waals surface area contributed by atoms with E-state index in [4.69, 9.17) is 10.2 Å². The average molecular weight is 462 g/mol. The molecule has 3 amide bonds. The lowest BCUT2D eigenvalue weighted by molar-refractivity contribution is 0.0988. The van der Waals surface area contributed by atoms with Crippen LogP contribution >= 0.6 is 27.3 Å². The Morgan fingerprint density at radius 2 is 1.82 bits per heavy atom. The Balaban J connectivity index is 1.79. The molecule has 0 fully saturated rings. The number of thiophene rings is 1. The van der Waals surface area contributed by atoms with Crippen LogP contribution in [0.3, 0.4) is 0 Å². The molecule has 1 aromatic carbocycles. The van der Waals surface area contributed by atoms with Gasteiger partial charge in [-0.2, -0.15) is 0 Å². The Kier molecular flexibility index (Phi) is 5.66. The molecule has 0 saturated heterocycles. The second-order valence-corrected chi connectivity index (χ2v) is 7.95. The lowest BCUT2D eigenvalue weighted by atomic mass is 10.1. The van der Waals surface area contributed by atoms with E-state index in [9.17, 15) is 14.4 Å². The molecule has 3 aromatic rings. The van der Waals surface area contributed by atoms with Gasteiger partial charge >= 0.3 is 0 Å². The summed E-state index contributed by atoms with van der Waals surface area (Å²) in [5.41, 5.74) is 7.24. The normalized spacial score (nSPS) is 10.5. The van der Waals surface area contributed by atoms with E-state index in [-0.39, 0.29) is 5.76 Å². The maximum absolute atomic E-state index is 12.6. The molecule has 0 bridgehead atoms. The van der Waals surface area contributed by atoms with E-state index in [1.54, 1.807) is 31.2 Å². The van der Waals surface area contributed by atoms with Crippen molar-refractivity contribution in [2.75, 3.05) is 10.6 Å². The first-order valence-electron chi connectivity index (χ1n) is 8.14. The van der Waals surface area contributed by atoms with Gasteiger partial charge in [0.1, 0.15) is 5.00 Å². The van der Waals surface area contributed by atoms with Crippen molar-refractivity contribution in [2.45, 2.75) is 13.8 Å². The van der Waals surface area contributed by atoms with Crippen LogP contribution in [0.15, 0.2) is 45.5 Å². The monoisotopic (exact) mass is 461 g/mol. The van der Waals surface area contributed by atoms with Crippen molar-refractivity contribution in [3.63, 3.8) is 0 Å². The third-order valence-electron chi connectivity index (χ3n) is 4.04. The third kappa shape index (κ3) is 4.15. The minimum Gasteiger partial charge on any atom is -0.444 e. The number of anilines is 2. The van der Waals surface area contributed by atoms with Gasteiger partial charge in [0.05, 0.1) is 5.56 Å². The minimum absolute atomic E-state index is 0.136. The van der Waals surface area contributed by atoms with Crippen LogP contribution in [0.2, 0.25) is 0 Å². The summed E-state index contributed by atoms with van der Waals surface area (Å²) in [5.74, 6) is -1.32. The highest BCUT2D eigenvalue weighted by atomic mass is 79.9. The summed E-state index contributed by atoms with van der Waals surface area (Å²) in [5, 5.41) is 5.80. The summed E-state index contributed by atoms with van der Waals surface area (Å²) in [6.07, 6.45) is 0. The van der Waals surface area contributed by atoms with Crippen LogP contribution in [-0.4, -0.2) is 17.7 Å². The van der Waals surface area contributed by atoms with Crippen molar-refractivity contribution in [3.8, 4) is 0 Å². The fourth-order valence-electron chi connectivity index (χ4n) is 2.55. The lowest BCUT2D eigenvalue weighted by Gasteiger charge is -2.08. The molecular weight excluding hydrogens is 446 g/mol. The van der Waals surface area contributed by atoms with Gasteiger partial charge in [-0.25, -0.2) is 0 Å². The van der Waals surface area contributed by atoms with Gasteiger partial charge in [0, 0.05) is 16.1 Å². The Morgan fingerprint density at radius 3 is 2.46 bits per heavy atom. The number of benzene rings is 1. The largest absolute Gasteiger partial charge is 0.444 e. The first-order chi connectivity index (χ1) is 13.3. The molecular formula is C19H16BrN3O4S. The Morgan fingerprint density at radius 1 is 1.07 bits per heavy atom. The molecule has 0 atom stereocenters. The SMILES string of the molecule is Cc1sc(NC(=O)c2cccc(NC(=O)c3ccc(Br)o3)c2)c(C(N)=O)c1C. The summed E-state index contributed by atoms with van der Waals surface area (Å²) in [6.45, 7) is 3.63. The number of carbonyl (C=O) groups is 3. The second kappa shape index (κ2) is 7.99. The fourth-order valence-corrected chi connectivity index (χ4v) is 3.92. The molecule has 4 N–H and O–H groups in total. The molecule has 0 spiro atoms. The van der Waals surface area contributed by atoms with Crippen LogP contribution in [0.5, 0.6) is 0 Å². The number of hydrogen-bond donors (Lipinski definition) is 3. The number of hydrogen-bond acceptors (Lipinski definition) is 5. The summed E-state index contributed by atoms with van der Waals surface area (Å²) >= 11 is 4.43. The molecule has 0 aliphatic heterocycles. The molecule has 0 aliphatic carbocycles. The molecule has 2 aromatic heterocycles. The molecule has 2 heterocycles. The molecule has 0 saturated carbocycles. The van der Waals surface area contributed by atoms with Gasteiger partial charge in [-0.1, -0.05) is 6.07 Å². The minimum atomic E-state index is -0.595. The third-order valence-corrected chi connectivity index (χ3v) is 5.59. The number of rotatable bonds is 5. The summed E-state index contributed by atoms with van der Waals surface area (Å²) in [7, 11) is 0. The van der Waals surface area contributed by atoms with E-state index in [1.807, 2.05) is 6.92 Å². The first-order valence-corrected chi connectivity index (χ1v) is 9.75. The highest BCUT2D eigenvalue weighted by Crippen LogP contribution is 2.32. The van der Waals surface area contributed by atoms with Crippen LogP contribution in [0.25, 0.3) is 0 Å². The zero-order chi connectivity index (χ0) is 20.4. The maximum atomic E-state index is 12.6. The van der Waals surface area contributed by atoms with Crippen molar-refractivity contribution in [1.29, 1.82) is 0 Å². The second-order valence-electron chi connectivity index (χ2n) is 5.94. The predicted octanol–water partition coefficient (Wildman–Crippen LogP) is 4.32. The number of halogens is 1. The quantitative estimate of drug-likeness (QED) is 0.524. The number of nitrogens with one attached hydrogen (secondary N) is 2. The van der Waals surface area contributed by atoms with E-state index in [0.717, 1.165) is 10.4 Å². The fraction of sp³-hybridized carbons (Fsp3) is 0.105. The molecule has 7 nitrogen and oxygen atoms in total. The smallest absolute Gasteiger partial charge is 0.291 e. The van der Waals surface area contributed by atoms with Crippen LogP contribution in [-0.2, 0) is 0 Å². The van der Waals surface area contributed by atoms with Gasteiger partial charge in [-0.3, -0.25) is 14.4 Å². The molecule has 0 unspecified atom stereocenters. The van der Waals surface area contributed by atoms with E-state index in [0.29, 0.717) is 26.5 Å². The Labute approximate surface area is 173 Å². The van der Waals surface area contributed by atoms with Gasteiger partial charge in [0.2, 0.25) is 0 Å². The van der Waals surface area contributed by atoms with Crippen molar-refractivity contribution in [1.82, 2.24) is 0 Å². The number of amides is 3. The first kappa shape index (κ1) is 19.8. The van der Waals surface area contributed by atoms with Crippen LogP contribution in [0.1, 0.15) is 41.7 Å². The van der Waals surface area contributed by atoms with Gasteiger partial charge in [0.25, 0.3) is 17.7 Å². The standard InChI is InChI=1S/C19H16BrN3O4S/c1-9-10(2)28-19(15(9)16(21)24)23-17(25)11-4-3-5-12(8-11)22-18(26)13-6-7-14(20)27-13/h3-8H,1-2H3,(H2,21,24)(H,22,26)(H,23,25). The van der Waals surface area contributed by atoms with Gasteiger partial charge in [0.15, 0.2) is 10.4 Å². The van der Waals surface area contributed by atoms with Gasteiger partial charge < -0.3 is 20.8 Å². The predicted molar refractivity (Wildman–Crippen MR) is 111 cm³/mol. The molecule has 144 valence electrons. The van der Waals surface area contributed by atoms with E-state index < -0.39 is 17.7 Å². The highest BCUT2D eigenvalue weighted by molar-refractivity contribution is 9.10. The maximum Gasteiger partial charge on any atom is 0.291 e. The number of aryl methyl sites for hydroxylation is 1. The Hall–Kier alpha value is -2.91. The molecule has 0 radical (unpaired) electrons. The lowest BCUT2D eigenvalue weighted by Crippen LogP contribution is -2.18. The molecule has 9 heteroatoms. The molecule has 3 rings (SSSR count). The Bertz CT molecular complexity index is 1090. The van der Waals surface area contributed by atoms with E-state index in [1.165, 1.54) is 23.5 Å². The summed E-state index contributed by atoms with van der Waals surface area (Å²) < 4.78 is 5.65. The molecule has 28 heavy (non-hydrogen) atoms. The number of nitrogens with two attached hydrogens (primary N) is 1. The van der Waals surface area contributed by atoms with E-state index >= 15 is 0 Å². The number of carbonyl (C=O) groups excluding carboxylic acids is 3. The summed E-state index contributed by atoms with van der Waals surface area (Å²) in [4.78, 5) is 37.4. The average Bonchev–Trinajstić information content (AvgIpc) is 3.19. The van der Waals surface area contributed by atoms with Crippen molar-refractivity contribution in [3.05, 3.63) is 68.4 Å². The van der Waals surface area contributed by atoms with Gasteiger partial charge in [-0.05, 0) is 65.7 Å². The van der Waals surface area contributed by atoms with Crippen LogP contribution < -0.4 is 16.4 Å². The van der Waals surface area contributed by atoms with Crippen molar-refractivity contribution in [2.24, 2.45) is 5.73 Å². The zero-order valence-corrected chi connectivity index (χ0v) is 17.4.